The van der Waals surface area contributed by atoms with Crippen molar-refractivity contribution in [3.8, 4) is 0 Å². The molecule has 3 N–H and O–H groups in total. The Hall–Kier alpha value is -3.26. The number of hydrogen-bond donors (Lipinski definition) is 3. The minimum atomic E-state index is -5.21. The zero-order valence-electron chi connectivity index (χ0n) is 20.1. The standard InChI is InChI=1S/C26H26F2O9S/c1-18-10-8-9-15-21(18)38(33,34)37-24(31)25(27,28)26(32,36-17-20-13-6-3-7-14-20)22(29)23(30)35-16-19-11-4-2-5-12-19/h2-15,22-23,29-30,32H,16-17H2,1H3/t22-,23?,26+/m1/s1. The van der Waals surface area contributed by atoms with Crippen LogP contribution in [0, 0.1) is 6.92 Å². The van der Waals surface area contributed by atoms with Crippen LogP contribution in [0.1, 0.15) is 16.7 Å². The van der Waals surface area contributed by atoms with Crippen molar-refractivity contribution < 1.29 is 51.0 Å². The SMILES string of the molecule is Cc1ccccc1S(=O)(=O)OC(=O)C(F)(F)[C@@](O)(OCc1ccccc1)[C@H](O)C(O)OCc1ccccc1. The molecule has 0 saturated heterocycles. The summed E-state index contributed by atoms with van der Waals surface area (Å²) in [6.45, 7) is 0.209. The highest BCUT2D eigenvalue weighted by atomic mass is 32.2. The first-order chi connectivity index (χ1) is 17.9. The zero-order chi connectivity index (χ0) is 28.0. The highest BCUT2D eigenvalue weighted by molar-refractivity contribution is 7.87. The summed E-state index contributed by atoms with van der Waals surface area (Å²) < 4.78 is 70.0. The molecule has 3 aromatic rings. The summed E-state index contributed by atoms with van der Waals surface area (Å²) in [6, 6.07) is 20.9. The summed E-state index contributed by atoms with van der Waals surface area (Å²) in [6.07, 6.45) is -5.46. The molecule has 3 atom stereocenters. The first-order valence-electron chi connectivity index (χ1n) is 11.2. The highest BCUT2D eigenvalue weighted by Crippen LogP contribution is 2.38. The molecule has 0 aromatic heterocycles. The quantitative estimate of drug-likeness (QED) is 0.229. The summed E-state index contributed by atoms with van der Waals surface area (Å²) in [5, 5.41) is 31.7. The Morgan fingerprint density at radius 1 is 0.868 bits per heavy atom. The zero-order valence-corrected chi connectivity index (χ0v) is 20.9. The second-order valence-corrected chi connectivity index (χ2v) is 9.78. The first-order valence-corrected chi connectivity index (χ1v) is 12.6. The molecule has 0 amide bonds. The fourth-order valence-corrected chi connectivity index (χ4v) is 4.45. The Morgan fingerprint density at radius 2 is 1.37 bits per heavy atom. The van der Waals surface area contributed by atoms with E-state index in [4.69, 9.17) is 9.47 Å². The van der Waals surface area contributed by atoms with Crippen LogP contribution in [0.15, 0.2) is 89.8 Å². The highest BCUT2D eigenvalue weighted by Gasteiger charge is 2.67. The Labute approximate surface area is 218 Å². The van der Waals surface area contributed by atoms with Crippen molar-refractivity contribution in [1.29, 1.82) is 0 Å². The van der Waals surface area contributed by atoms with Gasteiger partial charge >= 0.3 is 22.0 Å². The third-order valence-corrected chi connectivity index (χ3v) is 6.86. The second-order valence-electron chi connectivity index (χ2n) is 8.27. The van der Waals surface area contributed by atoms with Crippen LogP contribution in [0.2, 0.25) is 0 Å². The van der Waals surface area contributed by atoms with E-state index in [1.807, 2.05) is 0 Å². The summed E-state index contributed by atoms with van der Waals surface area (Å²) in [5.74, 6) is -12.1. The maximum absolute atomic E-state index is 15.4. The number of aliphatic hydroxyl groups excluding tert-OH is 2. The van der Waals surface area contributed by atoms with Crippen LogP contribution < -0.4 is 0 Å². The number of aliphatic hydroxyl groups is 3. The van der Waals surface area contributed by atoms with Crippen LogP contribution in [-0.2, 0) is 41.8 Å². The molecule has 3 aromatic carbocycles. The van der Waals surface area contributed by atoms with Crippen molar-refractivity contribution in [2.24, 2.45) is 0 Å². The Kier molecular flexibility index (Phi) is 9.31. The second kappa shape index (κ2) is 12.1. The smallest absolute Gasteiger partial charge is 0.382 e. The van der Waals surface area contributed by atoms with Crippen molar-refractivity contribution in [2.45, 2.75) is 49.1 Å². The lowest BCUT2D eigenvalue weighted by Crippen LogP contribution is -2.65. The fourth-order valence-electron chi connectivity index (χ4n) is 3.35. The van der Waals surface area contributed by atoms with Crippen molar-refractivity contribution in [2.75, 3.05) is 0 Å². The molecule has 0 heterocycles. The molecule has 0 aliphatic heterocycles. The van der Waals surface area contributed by atoms with Crippen LogP contribution in [-0.4, -0.2) is 53.8 Å². The van der Waals surface area contributed by atoms with E-state index in [0.717, 1.165) is 6.07 Å². The lowest BCUT2D eigenvalue weighted by molar-refractivity contribution is -0.375. The molecule has 0 bridgehead atoms. The largest absolute Gasteiger partial charge is 0.399 e. The molecular weight excluding hydrogens is 526 g/mol. The number of aryl methyl sites for hydroxylation is 1. The molecule has 9 nitrogen and oxygen atoms in total. The normalized spacial score (nSPS) is 15.3. The van der Waals surface area contributed by atoms with Crippen molar-refractivity contribution in [1.82, 2.24) is 0 Å². The van der Waals surface area contributed by atoms with Gasteiger partial charge in [0, 0.05) is 0 Å². The van der Waals surface area contributed by atoms with Gasteiger partial charge in [0.25, 0.3) is 5.79 Å². The Balaban J connectivity index is 1.89. The summed E-state index contributed by atoms with van der Waals surface area (Å²) in [7, 11) is -5.06. The average Bonchev–Trinajstić information content (AvgIpc) is 2.90. The molecule has 0 aliphatic carbocycles. The molecule has 38 heavy (non-hydrogen) atoms. The molecule has 0 radical (unpaired) electrons. The van der Waals surface area contributed by atoms with Crippen LogP contribution in [0.25, 0.3) is 0 Å². The third kappa shape index (κ3) is 6.59. The monoisotopic (exact) mass is 552 g/mol. The first kappa shape index (κ1) is 29.3. The molecule has 12 heteroatoms. The van der Waals surface area contributed by atoms with Gasteiger partial charge in [-0.05, 0) is 29.7 Å². The molecule has 0 aliphatic rings. The Morgan fingerprint density at radius 3 is 1.92 bits per heavy atom. The number of hydrogen-bond acceptors (Lipinski definition) is 9. The average molecular weight is 553 g/mol. The van der Waals surface area contributed by atoms with Gasteiger partial charge in [0.15, 0.2) is 12.4 Å². The van der Waals surface area contributed by atoms with Gasteiger partial charge in [0.1, 0.15) is 4.90 Å². The van der Waals surface area contributed by atoms with E-state index in [-0.39, 0.29) is 17.7 Å². The van der Waals surface area contributed by atoms with Gasteiger partial charge in [-0.1, -0.05) is 78.9 Å². The topological polar surface area (TPSA) is 140 Å². The molecule has 0 fully saturated rings. The van der Waals surface area contributed by atoms with Gasteiger partial charge in [-0.3, -0.25) is 0 Å². The Bertz CT molecular complexity index is 1320. The predicted octanol–water partition coefficient (Wildman–Crippen LogP) is 2.66. The lowest BCUT2D eigenvalue weighted by atomic mass is 10.0. The molecule has 1 unspecified atom stereocenters. The van der Waals surface area contributed by atoms with Gasteiger partial charge in [0.2, 0.25) is 0 Å². The number of carbonyl (C=O) groups excluding carboxylic acids is 1. The summed E-state index contributed by atoms with van der Waals surface area (Å²) in [4.78, 5) is 11.9. The third-order valence-electron chi connectivity index (χ3n) is 5.49. The van der Waals surface area contributed by atoms with E-state index in [9.17, 15) is 28.5 Å². The molecule has 0 spiro atoms. The maximum atomic E-state index is 15.4. The minimum absolute atomic E-state index is 0.101. The van der Waals surface area contributed by atoms with Crippen molar-refractivity contribution >= 4 is 16.1 Å². The van der Waals surface area contributed by atoms with E-state index in [1.165, 1.54) is 49.4 Å². The number of carbonyl (C=O) groups is 1. The van der Waals surface area contributed by atoms with Crippen LogP contribution >= 0.6 is 0 Å². The van der Waals surface area contributed by atoms with Gasteiger partial charge in [-0.25, -0.2) is 4.79 Å². The summed E-state index contributed by atoms with van der Waals surface area (Å²) in [5.41, 5.74) is 0.835. The van der Waals surface area contributed by atoms with E-state index < -0.39 is 51.7 Å². The predicted molar refractivity (Wildman–Crippen MR) is 129 cm³/mol. The molecule has 0 saturated carbocycles. The van der Waals surface area contributed by atoms with Crippen molar-refractivity contribution in [3.63, 3.8) is 0 Å². The molecule has 3 rings (SSSR count). The minimum Gasteiger partial charge on any atom is -0.382 e. The number of benzene rings is 3. The van der Waals surface area contributed by atoms with E-state index >= 15 is 8.78 Å². The van der Waals surface area contributed by atoms with Crippen LogP contribution in [0.4, 0.5) is 8.78 Å². The molecular formula is C26H26F2O9S. The van der Waals surface area contributed by atoms with E-state index in [0.29, 0.717) is 5.56 Å². The number of rotatable bonds is 12. The van der Waals surface area contributed by atoms with Gasteiger partial charge in [-0.2, -0.15) is 17.2 Å². The molecule has 204 valence electrons. The van der Waals surface area contributed by atoms with E-state index in [1.54, 1.807) is 36.4 Å². The van der Waals surface area contributed by atoms with Crippen LogP contribution in [0.5, 0.6) is 0 Å². The van der Waals surface area contributed by atoms with Gasteiger partial charge in [-0.15, -0.1) is 0 Å². The van der Waals surface area contributed by atoms with Crippen LogP contribution in [0.3, 0.4) is 0 Å². The maximum Gasteiger partial charge on any atom is 0.399 e. The van der Waals surface area contributed by atoms with E-state index in [2.05, 4.69) is 4.18 Å². The number of alkyl halides is 2. The van der Waals surface area contributed by atoms with Gasteiger partial charge < -0.3 is 29.0 Å². The number of ether oxygens (including phenoxy) is 2. The summed E-state index contributed by atoms with van der Waals surface area (Å²) >= 11 is 0. The number of halogens is 2. The fraction of sp³-hybridized carbons (Fsp3) is 0.269. The lowest BCUT2D eigenvalue weighted by Gasteiger charge is -2.38. The van der Waals surface area contributed by atoms with Crippen molar-refractivity contribution in [3.05, 3.63) is 102 Å². The van der Waals surface area contributed by atoms with Gasteiger partial charge in [0.05, 0.1) is 13.2 Å².